The molecule has 1 fully saturated rings. The van der Waals surface area contributed by atoms with Crippen LogP contribution < -0.4 is 5.32 Å². The molecule has 0 spiro atoms. The van der Waals surface area contributed by atoms with E-state index in [0.29, 0.717) is 5.41 Å². The quantitative estimate of drug-likeness (QED) is 0.815. The van der Waals surface area contributed by atoms with Gasteiger partial charge in [0.05, 0.1) is 0 Å². The smallest absolute Gasteiger partial charge is 0.0485 e. The zero-order valence-corrected chi connectivity index (χ0v) is 12.6. The number of piperazine rings is 1. The number of nitrogens with zero attached hydrogens (tertiary/aromatic N) is 2. The molecule has 1 rings (SSSR count). The van der Waals surface area contributed by atoms with E-state index in [1.807, 2.05) is 0 Å². The molecule has 3 heteroatoms. The van der Waals surface area contributed by atoms with Crippen LogP contribution in [0.2, 0.25) is 0 Å². The van der Waals surface area contributed by atoms with E-state index in [9.17, 15) is 0 Å². The molecule has 0 saturated carbocycles. The first kappa shape index (κ1) is 14.9. The molecule has 1 aliphatic rings. The lowest BCUT2D eigenvalue weighted by Gasteiger charge is -2.38. The lowest BCUT2D eigenvalue weighted by atomic mass is 9.96. The fraction of sp³-hybridized carbons (Fsp3) is 1.00. The van der Waals surface area contributed by atoms with E-state index in [4.69, 9.17) is 0 Å². The van der Waals surface area contributed by atoms with Gasteiger partial charge < -0.3 is 4.90 Å². The van der Waals surface area contributed by atoms with Gasteiger partial charge in [0.25, 0.3) is 0 Å². The van der Waals surface area contributed by atoms with Crippen LogP contribution in [0.25, 0.3) is 0 Å². The highest BCUT2D eigenvalue weighted by Gasteiger charge is 2.22. The van der Waals surface area contributed by atoms with Gasteiger partial charge in [-0.3, -0.25) is 10.2 Å². The number of hydrogen-bond acceptors (Lipinski definition) is 3. The fourth-order valence-electron chi connectivity index (χ4n) is 2.13. The van der Waals surface area contributed by atoms with Gasteiger partial charge in [-0.15, -0.1) is 0 Å². The Bertz CT molecular complexity index is 217. The van der Waals surface area contributed by atoms with Crippen molar-refractivity contribution in [3.8, 4) is 0 Å². The monoisotopic (exact) mass is 241 g/mol. The molecule has 0 aromatic carbocycles. The zero-order chi connectivity index (χ0) is 13.1. The first-order valence-corrected chi connectivity index (χ1v) is 6.85. The van der Waals surface area contributed by atoms with Crippen molar-refractivity contribution in [3.05, 3.63) is 0 Å². The number of rotatable bonds is 3. The maximum Gasteiger partial charge on any atom is 0.0485 e. The molecule has 0 bridgehead atoms. The SMILES string of the molecule is CC(C)(C)CN1CCN(CNC(C)(C)C)CC1. The van der Waals surface area contributed by atoms with Crippen molar-refractivity contribution in [2.75, 3.05) is 39.4 Å². The second kappa shape index (κ2) is 5.68. The molecular weight excluding hydrogens is 210 g/mol. The van der Waals surface area contributed by atoms with E-state index in [-0.39, 0.29) is 5.54 Å². The van der Waals surface area contributed by atoms with Crippen molar-refractivity contribution in [1.29, 1.82) is 0 Å². The van der Waals surface area contributed by atoms with Gasteiger partial charge in [0.1, 0.15) is 0 Å². The summed E-state index contributed by atoms with van der Waals surface area (Å²) in [5, 5.41) is 3.56. The van der Waals surface area contributed by atoms with Crippen molar-refractivity contribution in [2.45, 2.75) is 47.1 Å². The molecule has 0 unspecified atom stereocenters. The van der Waals surface area contributed by atoms with Gasteiger partial charge in [0, 0.05) is 44.9 Å². The third kappa shape index (κ3) is 7.02. The van der Waals surface area contributed by atoms with Crippen molar-refractivity contribution in [2.24, 2.45) is 5.41 Å². The van der Waals surface area contributed by atoms with Crippen molar-refractivity contribution < 1.29 is 0 Å². The van der Waals surface area contributed by atoms with Crippen LogP contribution in [0.4, 0.5) is 0 Å². The highest BCUT2D eigenvalue weighted by atomic mass is 15.3. The lowest BCUT2D eigenvalue weighted by Crippen LogP contribution is -2.53. The summed E-state index contributed by atoms with van der Waals surface area (Å²) in [7, 11) is 0. The molecule has 1 N–H and O–H groups in total. The minimum Gasteiger partial charge on any atom is -0.300 e. The maximum absolute atomic E-state index is 3.56. The molecule has 1 heterocycles. The third-order valence-electron chi connectivity index (χ3n) is 3.00. The normalized spacial score (nSPS) is 20.8. The molecule has 1 saturated heterocycles. The van der Waals surface area contributed by atoms with Gasteiger partial charge >= 0.3 is 0 Å². The highest BCUT2D eigenvalue weighted by Crippen LogP contribution is 2.16. The molecule has 0 amide bonds. The van der Waals surface area contributed by atoms with Crippen LogP contribution in [0, 0.1) is 5.41 Å². The topological polar surface area (TPSA) is 18.5 Å². The average molecular weight is 241 g/mol. The van der Waals surface area contributed by atoms with E-state index < -0.39 is 0 Å². The minimum absolute atomic E-state index is 0.225. The second-order valence-electron chi connectivity index (χ2n) is 7.54. The summed E-state index contributed by atoms with van der Waals surface area (Å²) in [5.74, 6) is 0. The van der Waals surface area contributed by atoms with E-state index >= 15 is 0 Å². The molecule has 0 aromatic heterocycles. The molecule has 0 atom stereocenters. The molecule has 0 aliphatic carbocycles. The molecule has 0 aromatic rings. The lowest BCUT2D eigenvalue weighted by molar-refractivity contribution is 0.0919. The first-order valence-electron chi connectivity index (χ1n) is 6.85. The van der Waals surface area contributed by atoms with Gasteiger partial charge in [-0.25, -0.2) is 0 Å². The van der Waals surface area contributed by atoms with E-state index in [2.05, 4.69) is 56.7 Å². The molecule has 3 nitrogen and oxygen atoms in total. The van der Waals surface area contributed by atoms with Crippen molar-refractivity contribution >= 4 is 0 Å². The predicted molar refractivity (Wildman–Crippen MR) is 75.2 cm³/mol. The van der Waals surface area contributed by atoms with Gasteiger partial charge in [-0.05, 0) is 26.2 Å². The largest absolute Gasteiger partial charge is 0.300 e. The molecule has 102 valence electrons. The van der Waals surface area contributed by atoms with Crippen LogP contribution in [-0.4, -0.2) is 54.7 Å². The van der Waals surface area contributed by atoms with E-state index in [1.54, 1.807) is 0 Å². The summed E-state index contributed by atoms with van der Waals surface area (Å²) in [5.41, 5.74) is 0.647. The zero-order valence-electron chi connectivity index (χ0n) is 12.6. The van der Waals surface area contributed by atoms with E-state index in [1.165, 1.54) is 32.7 Å². The first-order chi connectivity index (χ1) is 7.66. The highest BCUT2D eigenvalue weighted by molar-refractivity contribution is 4.77. The van der Waals surface area contributed by atoms with Crippen molar-refractivity contribution in [1.82, 2.24) is 15.1 Å². The van der Waals surface area contributed by atoms with Crippen LogP contribution in [0.3, 0.4) is 0 Å². The Morgan fingerprint density at radius 3 is 1.71 bits per heavy atom. The predicted octanol–water partition coefficient (Wildman–Crippen LogP) is 2.00. The third-order valence-corrected chi connectivity index (χ3v) is 3.00. The summed E-state index contributed by atoms with van der Waals surface area (Å²) in [6.45, 7) is 20.7. The Morgan fingerprint density at radius 1 is 0.824 bits per heavy atom. The van der Waals surface area contributed by atoms with E-state index in [0.717, 1.165) is 6.67 Å². The standard InChI is InChI=1S/C14H31N3/c1-13(2,3)11-16-7-9-17(10-8-16)12-15-14(4,5)6/h15H,7-12H2,1-6H3. The van der Waals surface area contributed by atoms with Crippen molar-refractivity contribution in [3.63, 3.8) is 0 Å². The molecule has 1 aliphatic heterocycles. The average Bonchev–Trinajstić information content (AvgIpc) is 2.13. The van der Waals surface area contributed by atoms with Crippen LogP contribution in [0.15, 0.2) is 0 Å². The van der Waals surface area contributed by atoms with Gasteiger partial charge in [0.15, 0.2) is 0 Å². The Kier molecular flexibility index (Phi) is 4.99. The molecular formula is C14H31N3. The minimum atomic E-state index is 0.225. The molecule has 0 radical (unpaired) electrons. The molecule has 17 heavy (non-hydrogen) atoms. The fourth-order valence-corrected chi connectivity index (χ4v) is 2.13. The van der Waals surface area contributed by atoms with Crippen LogP contribution in [0.1, 0.15) is 41.5 Å². The number of hydrogen-bond donors (Lipinski definition) is 1. The second-order valence-corrected chi connectivity index (χ2v) is 7.54. The van der Waals surface area contributed by atoms with Crippen LogP contribution in [-0.2, 0) is 0 Å². The summed E-state index contributed by atoms with van der Waals surface area (Å²) in [6, 6.07) is 0. The Labute approximate surface area is 108 Å². The maximum atomic E-state index is 3.56. The Hall–Kier alpha value is -0.120. The summed E-state index contributed by atoms with van der Waals surface area (Å²) < 4.78 is 0. The summed E-state index contributed by atoms with van der Waals surface area (Å²) in [4.78, 5) is 5.11. The van der Waals surface area contributed by atoms with Crippen LogP contribution >= 0.6 is 0 Å². The van der Waals surface area contributed by atoms with Gasteiger partial charge in [-0.1, -0.05) is 20.8 Å². The Morgan fingerprint density at radius 2 is 1.29 bits per heavy atom. The van der Waals surface area contributed by atoms with Gasteiger partial charge in [-0.2, -0.15) is 0 Å². The summed E-state index contributed by atoms with van der Waals surface area (Å²) in [6.07, 6.45) is 0. The number of nitrogens with one attached hydrogen (secondary N) is 1. The summed E-state index contributed by atoms with van der Waals surface area (Å²) >= 11 is 0. The Balaban J connectivity index is 2.22. The van der Waals surface area contributed by atoms with Crippen LogP contribution in [0.5, 0.6) is 0 Å². The van der Waals surface area contributed by atoms with Gasteiger partial charge in [0.2, 0.25) is 0 Å².